The van der Waals surface area contributed by atoms with Crippen LogP contribution in [0.15, 0.2) is 24.3 Å². The predicted octanol–water partition coefficient (Wildman–Crippen LogP) is 2.51. The first-order valence-electron chi connectivity index (χ1n) is 7.87. The number of aliphatic carboxylic acids is 1. The summed E-state index contributed by atoms with van der Waals surface area (Å²) in [6.07, 6.45) is 2.39. The molecule has 1 atom stereocenters. The van der Waals surface area contributed by atoms with Crippen molar-refractivity contribution in [1.29, 1.82) is 0 Å². The van der Waals surface area contributed by atoms with Gasteiger partial charge >= 0.3 is 5.97 Å². The minimum absolute atomic E-state index is 0.0677. The molecule has 0 fully saturated rings. The molecule has 2 N–H and O–H groups in total. The normalized spacial score (nSPS) is 12.5. The fourth-order valence-corrected chi connectivity index (χ4v) is 3.10. The molecule has 24 heavy (non-hydrogen) atoms. The number of para-hydroxylation sites is 2. The molecule has 0 saturated carbocycles. The topological polar surface area (TPSA) is 84.2 Å². The number of imidazole rings is 1. The maximum atomic E-state index is 12.4. The van der Waals surface area contributed by atoms with Crippen molar-refractivity contribution in [2.75, 3.05) is 6.26 Å². The summed E-state index contributed by atoms with van der Waals surface area (Å²) in [7, 11) is 0. The molecule has 0 saturated heterocycles. The van der Waals surface area contributed by atoms with Gasteiger partial charge in [0.05, 0.1) is 16.8 Å². The van der Waals surface area contributed by atoms with E-state index in [-0.39, 0.29) is 18.4 Å². The van der Waals surface area contributed by atoms with E-state index >= 15 is 0 Å². The second-order valence-corrected chi connectivity index (χ2v) is 6.99. The summed E-state index contributed by atoms with van der Waals surface area (Å²) in [5.74, 6) is 0.378. The van der Waals surface area contributed by atoms with Crippen LogP contribution in [-0.2, 0) is 21.9 Å². The molecule has 0 aliphatic heterocycles. The Balaban J connectivity index is 2.20. The molecule has 0 bridgehead atoms. The Kier molecular flexibility index (Phi) is 6.25. The van der Waals surface area contributed by atoms with Crippen LogP contribution in [0.3, 0.4) is 0 Å². The molecule has 2 rings (SSSR count). The molecule has 7 heteroatoms. The number of aromatic nitrogens is 2. The van der Waals surface area contributed by atoms with Gasteiger partial charge in [-0.1, -0.05) is 26.0 Å². The molecule has 130 valence electrons. The van der Waals surface area contributed by atoms with Gasteiger partial charge in [0.25, 0.3) is 0 Å². The van der Waals surface area contributed by atoms with Crippen molar-refractivity contribution in [2.45, 2.75) is 38.6 Å². The van der Waals surface area contributed by atoms with Gasteiger partial charge in [0.2, 0.25) is 5.91 Å². The van der Waals surface area contributed by atoms with Crippen molar-refractivity contribution in [2.24, 2.45) is 5.92 Å². The Labute approximate surface area is 145 Å². The first-order chi connectivity index (χ1) is 11.4. The zero-order valence-corrected chi connectivity index (χ0v) is 15.0. The van der Waals surface area contributed by atoms with Crippen molar-refractivity contribution >= 4 is 34.7 Å². The predicted molar refractivity (Wildman–Crippen MR) is 96.0 cm³/mol. The molecule has 6 nitrogen and oxygen atoms in total. The number of thioether (sulfide) groups is 1. The summed E-state index contributed by atoms with van der Waals surface area (Å²) in [6, 6.07) is 6.77. The zero-order valence-electron chi connectivity index (χ0n) is 14.2. The van der Waals surface area contributed by atoms with Gasteiger partial charge in [-0.3, -0.25) is 4.79 Å². The van der Waals surface area contributed by atoms with E-state index in [1.165, 1.54) is 0 Å². The van der Waals surface area contributed by atoms with E-state index in [0.29, 0.717) is 12.2 Å². The number of carboxylic acid groups (broad SMARTS) is 1. The van der Waals surface area contributed by atoms with Crippen LogP contribution in [0, 0.1) is 5.92 Å². The second-order valence-electron chi connectivity index (χ2n) is 6.12. The maximum absolute atomic E-state index is 12.4. The molecule has 1 heterocycles. The second kappa shape index (κ2) is 8.19. The van der Waals surface area contributed by atoms with Gasteiger partial charge in [0.15, 0.2) is 0 Å². The van der Waals surface area contributed by atoms with Crippen LogP contribution in [0.4, 0.5) is 0 Å². The minimum atomic E-state index is -1.00. The summed E-state index contributed by atoms with van der Waals surface area (Å²) in [6.45, 7) is 3.93. The number of benzene rings is 1. The number of nitrogens with one attached hydrogen (secondary N) is 1. The third-order valence-electron chi connectivity index (χ3n) is 3.65. The first kappa shape index (κ1) is 18.3. The van der Waals surface area contributed by atoms with Gasteiger partial charge in [0, 0.05) is 0 Å². The van der Waals surface area contributed by atoms with Crippen molar-refractivity contribution in [3.63, 3.8) is 0 Å². The lowest BCUT2D eigenvalue weighted by Crippen LogP contribution is -2.43. The van der Waals surface area contributed by atoms with Crippen molar-refractivity contribution in [3.8, 4) is 0 Å². The molecule has 0 spiro atoms. The molecular weight excluding hydrogens is 326 g/mol. The average molecular weight is 349 g/mol. The first-order valence-corrected chi connectivity index (χ1v) is 9.27. The van der Waals surface area contributed by atoms with E-state index < -0.39 is 12.0 Å². The third kappa shape index (κ3) is 4.50. The number of hydrogen-bond acceptors (Lipinski definition) is 4. The number of nitrogens with zero attached hydrogens (tertiary/aromatic N) is 2. The van der Waals surface area contributed by atoms with Gasteiger partial charge in [-0.2, -0.15) is 11.8 Å². The van der Waals surface area contributed by atoms with E-state index in [1.54, 1.807) is 11.8 Å². The lowest BCUT2D eigenvalue weighted by Gasteiger charge is -2.17. The van der Waals surface area contributed by atoms with Crippen LogP contribution in [-0.4, -0.2) is 38.8 Å². The average Bonchev–Trinajstić information content (AvgIpc) is 2.84. The van der Waals surface area contributed by atoms with E-state index in [9.17, 15) is 14.7 Å². The number of fused-ring (bicyclic) bond motifs is 1. The quantitative estimate of drug-likeness (QED) is 0.765. The molecule has 0 unspecified atom stereocenters. The summed E-state index contributed by atoms with van der Waals surface area (Å²) in [4.78, 5) is 28.3. The smallest absolute Gasteiger partial charge is 0.326 e. The SMILES string of the molecule is CSCc1nc2ccccc2n1CC(=O)N[C@@H](CC(C)C)C(=O)O. The third-order valence-corrected chi connectivity index (χ3v) is 4.20. The van der Waals surface area contributed by atoms with Crippen LogP contribution in [0.2, 0.25) is 0 Å². The molecule has 1 amide bonds. The minimum Gasteiger partial charge on any atom is -0.480 e. The molecule has 0 aliphatic carbocycles. The summed E-state index contributed by atoms with van der Waals surface area (Å²) < 4.78 is 1.86. The van der Waals surface area contributed by atoms with Crippen LogP contribution in [0.25, 0.3) is 11.0 Å². The summed E-state index contributed by atoms with van der Waals surface area (Å²) in [5.41, 5.74) is 1.72. The Hall–Kier alpha value is -2.02. The maximum Gasteiger partial charge on any atom is 0.326 e. The van der Waals surface area contributed by atoms with E-state index in [2.05, 4.69) is 10.3 Å². The molecule has 2 aromatic rings. The van der Waals surface area contributed by atoms with Crippen molar-refractivity contribution in [1.82, 2.24) is 14.9 Å². The lowest BCUT2D eigenvalue weighted by atomic mass is 10.0. The fraction of sp³-hybridized carbons (Fsp3) is 0.471. The van der Waals surface area contributed by atoms with Gasteiger partial charge in [-0.05, 0) is 30.7 Å². The number of rotatable bonds is 8. The van der Waals surface area contributed by atoms with Gasteiger partial charge < -0.3 is 15.0 Å². The van der Waals surface area contributed by atoms with Gasteiger partial charge in [-0.25, -0.2) is 9.78 Å². The number of hydrogen-bond donors (Lipinski definition) is 2. The molecular formula is C17H23N3O3S. The Morgan fingerprint density at radius 1 is 1.33 bits per heavy atom. The van der Waals surface area contributed by atoms with Crippen LogP contribution < -0.4 is 5.32 Å². The standard InChI is InChI=1S/C17H23N3O3S/c1-11(2)8-13(17(22)23)19-16(21)9-20-14-7-5-4-6-12(14)18-15(20)10-24-3/h4-7,11,13H,8-10H2,1-3H3,(H,19,21)(H,22,23)/t13-/m0/s1. The Morgan fingerprint density at radius 2 is 2.04 bits per heavy atom. The largest absolute Gasteiger partial charge is 0.480 e. The summed E-state index contributed by atoms with van der Waals surface area (Å²) in [5, 5.41) is 11.9. The van der Waals surface area contributed by atoms with Gasteiger partial charge in [-0.15, -0.1) is 0 Å². The van der Waals surface area contributed by atoms with E-state index in [1.807, 2.05) is 48.9 Å². The highest BCUT2D eigenvalue weighted by atomic mass is 32.2. The highest BCUT2D eigenvalue weighted by molar-refractivity contribution is 7.97. The molecule has 1 aromatic heterocycles. The Morgan fingerprint density at radius 3 is 2.67 bits per heavy atom. The highest BCUT2D eigenvalue weighted by Crippen LogP contribution is 2.19. The molecule has 0 radical (unpaired) electrons. The highest BCUT2D eigenvalue weighted by Gasteiger charge is 2.22. The van der Waals surface area contributed by atoms with Crippen LogP contribution in [0.1, 0.15) is 26.1 Å². The number of carbonyl (C=O) groups excluding carboxylic acids is 1. The van der Waals surface area contributed by atoms with Crippen LogP contribution in [0.5, 0.6) is 0 Å². The molecule has 0 aliphatic rings. The molecule has 1 aromatic carbocycles. The van der Waals surface area contributed by atoms with Crippen molar-refractivity contribution < 1.29 is 14.7 Å². The van der Waals surface area contributed by atoms with Crippen LogP contribution >= 0.6 is 11.8 Å². The van der Waals surface area contributed by atoms with Crippen molar-refractivity contribution in [3.05, 3.63) is 30.1 Å². The number of carboxylic acids is 1. The number of carbonyl (C=O) groups is 2. The van der Waals surface area contributed by atoms with Gasteiger partial charge in [0.1, 0.15) is 18.4 Å². The Bertz CT molecular complexity index is 727. The zero-order chi connectivity index (χ0) is 17.7. The summed E-state index contributed by atoms with van der Waals surface area (Å²) >= 11 is 1.63. The van der Waals surface area contributed by atoms with E-state index in [4.69, 9.17) is 0 Å². The van der Waals surface area contributed by atoms with E-state index in [0.717, 1.165) is 16.9 Å². The number of amides is 1. The fourth-order valence-electron chi connectivity index (χ4n) is 2.62. The monoisotopic (exact) mass is 349 g/mol. The lowest BCUT2D eigenvalue weighted by molar-refractivity contribution is -0.142.